The van der Waals surface area contributed by atoms with Crippen molar-refractivity contribution in [2.75, 3.05) is 0 Å². The molecule has 13 rings (SSSR count). The normalized spacial score (nSPS) is 12.1. The SMILES string of the molecule is c1ccc(-c2nc(-c3cc(-n4c5ccccc5c5c6oc7ccccc7c6ccc54)c4c(c3)sc3ccccc34)nc(-c3cccc4sc5ccccc5c34)n2)cc1. The van der Waals surface area contributed by atoms with Gasteiger partial charge < -0.3 is 8.98 Å². The van der Waals surface area contributed by atoms with E-state index in [2.05, 4.69) is 150 Å². The molecule has 0 N–H and O–H groups in total. The van der Waals surface area contributed by atoms with Crippen LogP contribution in [0.15, 0.2) is 174 Å². The monoisotopic (exact) mass is 776 g/mol. The number of hydrogen-bond acceptors (Lipinski definition) is 6. The van der Waals surface area contributed by atoms with Crippen LogP contribution in [0.5, 0.6) is 0 Å². The summed E-state index contributed by atoms with van der Waals surface area (Å²) in [5, 5.41) is 9.28. The minimum absolute atomic E-state index is 0.626. The van der Waals surface area contributed by atoms with E-state index in [0.29, 0.717) is 17.5 Å². The maximum Gasteiger partial charge on any atom is 0.164 e. The van der Waals surface area contributed by atoms with Crippen molar-refractivity contribution in [2.45, 2.75) is 0 Å². The molecule has 8 aromatic carbocycles. The average Bonchev–Trinajstić information content (AvgIpc) is 4.05. The summed E-state index contributed by atoms with van der Waals surface area (Å²) in [6, 6.07) is 60.0. The van der Waals surface area contributed by atoms with Crippen LogP contribution < -0.4 is 0 Å². The molecule has 0 amide bonds. The van der Waals surface area contributed by atoms with Gasteiger partial charge in [-0.1, -0.05) is 115 Å². The van der Waals surface area contributed by atoms with Crippen molar-refractivity contribution < 1.29 is 4.42 Å². The van der Waals surface area contributed by atoms with E-state index < -0.39 is 0 Å². The van der Waals surface area contributed by atoms with Crippen molar-refractivity contribution in [3.8, 4) is 39.9 Å². The summed E-state index contributed by atoms with van der Waals surface area (Å²) in [6.07, 6.45) is 0. The Morgan fingerprint density at radius 3 is 1.86 bits per heavy atom. The van der Waals surface area contributed by atoms with E-state index in [1.165, 1.54) is 40.3 Å². The predicted octanol–water partition coefficient (Wildman–Crippen LogP) is 14.6. The van der Waals surface area contributed by atoms with Crippen molar-refractivity contribution in [2.24, 2.45) is 0 Å². The summed E-state index contributed by atoms with van der Waals surface area (Å²) in [5.41, 5.74) is 7.91. The van der Waals surface area contributed by atoms with Crippen LogP contribution in [-0.4, -0.2) is 19.5 Å². The molecule has 0 bridgehead atoms. The molecule has 58 heavy (non-hydrogen) atoms. The van der Waals surface area contributed by atoms with Gasteiger partial charge in [-0.25, -0.2) is 15.0 Å². The highest BCUT2D eigenvalue weighted by Crippen LogP contribution is 2.46. The second-order valence-corrected chi connectivity index (χ2v) is 16.9. The lowest BCUT2D eigenvalue weighted by molar-refractivity contribution is 0.673. The first kappa shape index (κ1) is 32.0. The van der Waals surface area contributed by atoms with Crippen molar-refractivity contribution in [1.29, 1.82) is 0 Å². The number of furan rings is 1. The quantitative estimate of drug-likeness (QED) is 0.179. The molecule has 0 aliphatic rings. The van der Waals surface area contributed by atoms with Gasteiger partial charge in [-0.2, -0.15) is 0 Å². The summed E-state index contributed by atoms with van der Waals surface area (Å²) < 4.78 is 13.9. The summed E-state index contributed by atoms with van der Waals surface area (Å²) in [7, 11) is 0. The molecule has 0 fully saturated rings. The number of hydrogen-bond donors (Lipinski definition) is 0. The molecule has 5 aromatic heterocycles. The zero-order chi connectivity index (χ0) is 37.9. The molecule has 7 heteroatoms. The van der Waals surface area contributed by atoms with Crippen molar-refractivity contribution in [3.63, 3.8) is 0 Å². The standard InChI is InChI=1S/C51H28N4OS2/c1-2-13-29(14-3-1)49-52-50(54-51(53-49)36-19-12-24-43-45(36)34-17-6-10-22-41(34)57-43)30-27-39(46-35-18-7-11-23-42(35)58-44(46)28-30)55-37-20-8-4-16-33(37)47-38(55)26-25-32-31-15-5-9-21-40(31)56-48(32)47/h1-28H. The Labute approximate surface area is 338 Å². The van der Waals surface area contributed by atoms with Crippen molar-refractivity contribution >= 4 is 107 Å². The summed E-state index contributed by atoms with van der Waals surface area (Å²) in [4.78, 5) is 15.8. The van der Waals surface area contributed by atoms with E-state index in [4.69, 9.17) is 19.4 Å². The van der Waals surface area contributed by atoms with Gasteiger partial charge in [0, 0.05) is 73.2 Å². The molecule has 5 heterocycles. The topological polar surface area (TPSA) is 56.7 Å². The van der Waals surface area contributed by atoms with Crippen LogP contribution >= 0.6 is 22.7 Å². The van der Waals surface area contributed by atoms with Crippen LogP contribution in [0, 0.1) is 0 Å². The van der Waals surface area contributed by atoms with Gasteiger partial charge in [-0.15, -0.1) is 22.7 Å². The largest absolute Gasteiger partial charge is 0.455 e. The fourth-order valence-corrected chi connectivity index (χ4v) is 11.2. The van der Waals surface area contributed by atoms with Crippen LogP contribution in [0.2, 0.25) is 0 Å². The fourth-order valence-electron chi connectivity index (χ4n) is 8.94. The summed E-state index contributed by atoms with van der Waals surface area (Å²) in [5.74, 6) is 1.92. The molecule has 0 aliphatic heterocycles. The fraction of sp³-hybridized carbons (Fsp3) is 0. The molecule has 0 radical (unpaired) electrons. The van der Waals surface area contributed by atoms with Crippen LogP contribution in [0.25, 0.3) is 124 Å². The van der Waals surface area contributed by atoms with E-state index in [1.54, 1.807) is 22.7 Å². The van der Waals surface area contributed by atoms with Gasteiger partial charge in [-0.05, 0) is 54.6 Å². The number of aromatic nitrogens is 4. The lowest BCUT2D eigenvalue weighted by Crippen LogP contribution is -2.01. The molecule has 0 spiro atoms. The van der Waals surface area contributed by atoms with Crippen LogP contribution in [0.3, 0.4) is 0 Å². The van der Waals surface area contributed by atoms with E-state index in [9.17, 15) is 0 Å². The summed E-state index contributed by atoms with van der Waals surface area (Å²) >= 11 is 3.60. The Morgan fingerprint density at radius 1 is 0.397 bits per heavy atom. The molecule has 0 saturated heterocycles. The highest BCUT2D eigenvalue weighted by molar-refractivity contribution is 7.26. The first-order valence-electron chi connectivity index (χ1n) is 19.3. The molecule has 13 aromatic rings. The average molecular weight is 777 g/mol. The zero-order valence-electron chi connectivity index (χ0n) is 30.7. The molecule has 5 nitrogen and oxygen atoms in total. The molecule has 0 unspecified atom stereocenters. The van der Waals surface area contributed by atoms with E-state index >= 15 is 0 Å². The number of para-hydroxylation sites is 2. The lowest BCUT2D eigenvalue weighted by Gasteiger charge is -2.14. The van der Waals surface area contributed by atoms with Gasteiger partial charge in [0.05, 0.1) is 22.1 Å². The minimum Gasteiger partial charge on any atom is -0.455 e. The van der Waals surface area contributed by atoms with Crippen molar-refractivity contribution in [1.82, 2.24) is 19.5 Å². The molecule has 0 atom stereocenters. The molecular weight excluding hydrogens is 749 g/mol. The molecular formula is C51H28N4OS2. The smallest absolute Gasteiger partial charge is 0.164 e. The molecule has 0 saturated carbocycles. The second-order valence-electron chi connectivity index (χ2n) is 14.7. The third-order valence-corrected chi connectivity index (χ3v) is 13.7. The van der Waals surface area contributed by atoms with Gasteiger partial charge in [0.25, 0.3) is 0 Å². The zero-order valence-corrected chi connectivity index (χ0v) is 32.3. The molecule has 0 aliphatic carbocycles. The number of thiophene rings is 2. The van der Waals surface area contributed by atoms with E-state index in [0.717, 1.165) is 66.1 Å². The third-order valence-electron chi connectivity index (χ3n) is 11.4. The van der Waals surface area contributed by atoms with Gasteiger partial charge in [-0.3, -0.25) is 0 Å². The second kappa shape index (κ2) is 12.2. The number of rotatable bonds is 4. The highest BCUT2D eigenvalue weighted by Gasteiger charge is 2.23. The first-order valence-corrected chi connectivity index (χ1v) is 20.9. The maximum absolute atomic E-state index is 6.68. The predicted molar refractivity (Wildman–Crippen MR) is 244 cm³/mol. The Balaban J connectivity index is 1.13. The first-order chi connectivity index (χ1) is 28.7. The van der Waals surface area contributed by atoms with Gasteiger partial charge in [0.15, 0.2) is 17.5 Å². The van der Waals surface area contributed by atoms with Gasteiger partial charge in [0.2, 0.25) is 0 Å². The summed E-state index contributed by atoms with van der Waals surface area (Å²) in [6.45, 7) is 0. The molecule has 270 valence electrons. The van der Waals surface area contributed by atoms with Crippen LogP contribution in [0.4, 0.5) is 0 Å². The van der Waals surface area contributed by atoms with Crippen molar-refractivity contribution in [3.05, 3.63) is 170 Å². The Bertz CT molecular complexity index is 3820. The Morgan fingerprint density at radius 2 is 1.03 bits per heavy atom. The highest BCUT2D eigenvalue weighted by atomic mass is 32.1. The van der Waals surface area contributed by atoms with E-state index in [1.807, 2.05) is 24.3 Å². The Hall–Kier alpha value is -7.19. The maximum atomic E-state index is 6.68. The number of benzene rings is 8. The van der Waals surface area contributed by atoms with Gasteiger partial charge in [0.1, 0.15) is 11.2 Å². The number of nitrogens with zero attached hydrogens (tertiary/aromatic N) is 4. The lowest BCUT2D eigenvalue weighted by atomic mass is 10.0. The number of fused-ring (bicyclic) bond motifs is 13. The van der Waals surface area contributed by atoms with Crippen LogP contribution in [0.1, 0.15) is 0 Å². The minimum atomic E-state index is 0.626. The third kappa shape index (κ3) is 4.60. The van der Waals surface area contributed by atoms with Crippen LogP contribution in [-0.2, 0) is 0 Å². The van der Waals surface area contributed by atoms with Gasteiger partial charge >= 0.3 is 0 Å². The van der Waals surface area contributed by atoms with E-state index in [-0.39, 0.29) is 0 Å². The Kier molecular flexibility index (Phi) is 6.70.